The second-order valence-corrected chi connectivity index (χ2v) is 5.93. The number of methoxy groups -OCH3 is 1. The molecule has 0 saturated heterocycles. The van der Waals surface area contributed by atoms with Crippen molar-refractivity contribution in [1.29, 1.82) is 0 Å². The maximum atomic E-state index is 5.28. The van der Waals surface area contributed by atoms with E-state index in [1.807, 2.05) is 17.8 Å². The third kappa shape index (κ3) is 2.46. The fraction of sp³-hybridized carbons (Fsp3) is 0.353. The molecule has 0 radical (unpaired) electrons. The highest BCUT2D eigenvalue weighted by Gasteiger charge is 2.25. The van der Waals surface area contributed by atoms with Crippen LogP contribution in [0.15, 0.2) is 36.5 Å². The molecule has 0 aliphatic carbocycles. The van der Waals surface area contributed by atoms with Crippen molar-refractivity contribution in [1.82, 2.24) is 24.5 Å². The molecule has 0 amide bonds. The molecule has 124 valence electrons. The molecule has 2 aromatic heterocycles. The number of rotatable bonds is 5. The molecule has 4 rings (SSSR count). The summed E-state index contributed by atoms with van der Waals surface area (Å²) >= 11 is 0. The average molecular weight is 324 g/mol. The topological polar surface area (TPSA) is 61.0 Å². The lowest BCUT2D eigenvalue weighted by Crippen LogP contribution is -2.21. The van der Waals surface area contributed by atoms with Crippen molar-refractivity contribution in [2.24, 2.45) is 7.05 Å². The van der Waals surface area contributed by atoms with E-state index in [1.165, 1.54) is 11.1 Å². The summed E-state index contributed by atoms with van der Waals surface area (Å²) < 4.78 is 9.21. The van der Waals surface area contributed by atoms with Gasteiger partial charge in [0.25, 0.3) is 0 Å². The molecule has 1 aliphatic heterocycles. The molecule has 1 aromatic carbocycles. The summed E-state index contributed by atoms with van der Waals surface area (Å²) in [6.45, 7) is 3.02. The number of hydrogen-bond donors (Lipinski definition) is 0. The van der Waals surface area contributed by atoms with Gasteiger partial charge in [0, 0.05) is 33.4 Å². The van der Waals surface area contributed by atoms with E-state index < -0.39 is 0 Å². The molecule has 0 spiro atoms. The second-order valence-electron chi connectivity index (χ2n) is 5.93. The van der Waals surface area contributed by atoms with Gasteiger partial charge in [-0.15, -0.1) is 10.2 Å². The Kier molecular flexibility index (Phi) is 3.78. The van der Waals surface area contributed by atoms with E-state index in [9.17, 15) is 0 Å². The lowest BCUT2D eigenvalue weighted by atomic mass is 10.1. The van der Waals surface area contributed by atoms with Crippen molar-refractivity contribution in [3.63, 3.8) is 0 Å². The zero-order valence-corrected chi connectivity index (χ0v) is 13.9. The first-order chi connectivity index (χ1) is 11.8. The van der Waals surface area contributed by atoms with Crippen molar-refractivity contribution in [3.8, 4) is 11.5 Å². The molecule has 0 atom stereocenters. The molecular formula is C17H20N6O. The van der Waals surface area contributed by atoms with Gasteiger partial charge in [0.15, 0.2) is 5.82 Å². The van der Waals surface area contributed by atoms with Crippen LogP contribution in [0.25, 0.3) is 11.5 Å². The molecule has 0 N–H and O–H groups in total. The van der Waals surface area contributed by atoms with Crippen molar-refractivity contribution in [2.45, 2.75) is 19.6 Å². The number of nitrogens with zero attached hydrogens (tertiary/aromatic N) is 6. The van der Waals surface area contributed by atoms with Gasteiger partial charge in [0.1, 0.15) is 5.69 Å². The molecule has 0 saturated carbocycles. The first kappa shape index (κ1) is 14.9. The Morgan fingerprint density at radius 3 is 2.46 bits per heavy atom. The van der Waals surface area contributed by atoms with Crippen LogP contribution in [0, 0.1) is 0 Å². The minimum atomic E-state index is 0.608. The Hall–Kier alpha value is -2.67. The predicted molar refractivity (Wildman–Crippen MR) is 90.4 cm³/mol. The van der Waals surface area contributed by atoms with Crippen molar-refractivity contribution >= 4 is 5.95 Å². The van der Waals surface area contributed by atoms with Gasteiger partial charge >= 0.3 is 0 Å². The number of fused-ring (bicyclic) bond motifs is 1. The Bertz CT molecular complexity index is 827. The minimum Gasteiger partial charge on any atom is -0.383 e. The minimum absolute atomic E-state index is 0.608. The van der Waals surface area contributed by atoms with E-state index >= 15 is 0 Å². The van der Waals surface area contributed by atoms with E-state index in [2.05, 4.69) is 49.0 Å². The van der Waals surface area contributed by atoms with Gasteiger partial charge in [-0.25, -0.2) is 0 Å². The highest BCUT2D eigenvalue weighted by molar-refractivity contribution is 5.54. The van der Waals surface area contributed by atoms with E-state index in [0.717, 1.165) is 30.6 Å². The van der Waals surface area contributed by atoms with Gasteiger partial charge in [-0.05, 0) is 17.2 Å². The molecule has 1 aliphatic rings. The number of aromatic nitrogens is 5. The quantitative estimate of drug-likeness (QED) is 0.717. The third-order valence-corrected chi connectivity index (χ3v) is 4.42. The summed E-state index contributed by atoms with van der Waals surface area (Å²) in [6, 6.07) is 10.5. The Morgan fingerprint density at radius 1 is 1.08 bits per heavy atom. The standard InChI is InChI=1S/C17H20N6O/c1-21-15(7-8-18-21)16-19-20-17(23(16)9-10-24-2)22-11-13-5-3-4-6-14(13)12-22/h3-8H,9-12H2,1-2H3. The number of aryl methyl sites for hydroxylation is 1. The Morgan fingerprint density at radius 2 is 1.83 bits per heavy atom. The van der Waals surface area contributed by atoms with Crippen LogP contribution in [0.2, 0.25) is 0 Å². The highest BCUT2D eigenvalue weighted by Crippen LogP contribution is 2.29. The number of ether oxygens (including phenoxy) is 1. The van der Waals surface area contributed by atoms with Crippen molar-refractivity contribution in [3.05, 3.63) is 47.7 Å². The summed E-state index contributed by atoms with van der Waals surface area (Å²) in [5, 5.41) is 13.2. The summed E-state index contributed by atoms with van der Waals surface area (Å²) in [7, 11) is 3.62. The first-order valence-electron chi connectivity index (χ1n) is 8.00. The third-order valence-electron chi connectivity index (χ3n) is 4.42. The van der Waals surface area contributed by atoms with E-state index in [-0.39, 0.29) is 0 Å². The highest BCUT2D eigenvalue weighted by atomic mass is 16.5. The molecule has 3 heterocycles. The molecule has 3 aromatic rings. The normalized spacial score (nSPS) is 13.5. The average Bonchev–Trinajstić information content (AvgIpc) is 3.29. The lowest BCUT2D eigenvalue weighted by Gasteiger charge is -2.18. The fourth-order valence-corrected chi connectivity index (χ4v) is 3.17. The Labute approximate surface area is 140 Å². The van der Waals surface area contributed by atoms with Gasteiger partial charge < -0.3 is 9.64 Å². The van der Waals surface area contributed by atoms with Crippen LogP contribution in [-0.2, 0) is 31.4 Å². The van der Waals surface area contributed by atoms with E-state index in [4.69, 9.17) is 4.74 Å². The van der Waals surface area contributed by atoms with Crippen LogP contribution in [0.3, 0.4) is 0 Å². The van der Waals surface area contributed by atoms with E-state index in [0.29, 0.717) is 13.2 Å². The molecule has 7 heteroatoms. The van der Waals surface area contributed by atoms with Crippen LogP contribution < -0.4 is 4.90 Å². The van der Waals surface area contributed by atoms with Crippen molar-refractivity contribution in [2.75, 3.05) is 18.6 Å². The molecule has 7 nitrogen and oxygen atoms in total. The van der Waals surface area contributed by atoms with Crippen molar-refractivity contribution < 1.29 is 4.74 Å². The van der Waals surface area contributed by atoms with Gasteiger partial charge in [-0.3, -0.25) is 9.25 Å². The van der Waals surface area contributed by atoms with Gasteiger partial charge in [0.05, 0.1) is 13.2 Å². The smallest absolute Gasteiger partial charge is 0.228 e. The Balaban J connectivity index is 1.71. The lowest BCUT2D eigenvalue weighted by molar-refractivity contribution is 0.187. The predicted octanol–water partition coefficient (Wildman–Crippen LogP) is 1.85. The van der Waals surface area contributed by atoms with Crippen LogP contribution >= 0.6 is 0 Å². The molecular weight excluding hydrogens is 304 g/mol. The van der Waals surface area contributed by atoms with Crippen LogP contribution in [-0.4, -0.2) is 38.3 Å². The number of benzene rings is 1. The number of anilines is 1. The van der Waals surface area contributed by atoms with E-state index in [1.54, 1.807) is 13.3 Å². The largest absolute Gasteiger partial charge is 0.383 e. The molecule has 0 fully saturated rings. The molecule has 24 heavy (non-hydrogen) atoms. The van der Waals surface area contributed by atoms with Crippen LogP contribution in [0.1, 0.15) is 11.1 Å². The first-order valence-corrected chi connectivity index (χ1v) is 8.00. The second kappa shape index (κ2) is 6.09. The van der Waals surface area contributed by atoms with Crippen LogP contribution in [0.4, 0.5) is 5.95 Å². The summed E-state index contributed by atoms with van der Waals surface area (Å²) in [5.74, 6) is 1.69. The SMILES string of the molecule is COCCn1c(-c2ccnn2C)nnc1N1Cc2ccccc2C1. The zero-order chi connectivity index (χ0) is 16.5. The molecule has 0 bridgehead atoms. The molecule has 0 unspecified atom stereocenters. The van der Waals surface area contributed by atoms with Gasteiger partial charge in [-0.2, -0.15) is 5.10 Å². The van der Waals surface area contributed by atoms with Gasteiger partial charge in [0.2, 0.25) is 5.95 Å². The zero-order valence-electron chi connectivity index (χ0n) is 13.9. The summed E-state index contributed by atoms with van der Waals surface area (Å²) in [5.41, 5.74) is 3.64. The van der Waals surface area contributed by atoms with Crippen LogP contribution in [0.5, 0.6) is 0 Å². The monoisotopic (exact) mass is 324 g/mol. The van der Waals surface area contributed by atoms with Gasteiger partial charge in [-0.1, -0.05) is 24.3 Å². The fourth-order valence-electron chi connectivity index (χ4n) is 3.17. The summed E-state index contributed by atoms with van der Waals surface area (Å²) in [6.07, 6.45) is 1.77. The summed E-state index contributed by atoms with van der Waals surface area (Å²) in [4.78, 5) is 2.26. The maximum absolute atomic E-state index is 5.28. The number of hydrogen-bond acceptors (Lipinski definition) is 5. The maximum Gasteiger partial charge on any atom is 0.228 e.